The molecule has 2 aromatic rings. The second kappa shape index (κ2) is 6.49. The molecule has 0 atom stereocenters. The molecule has 2 rings (SSSR count). The monoisotopic (exact) mass is 309 g/mol. The van der Waals surface area contributed by atoms with E-state index in [1.54, 1.807) is 0 Å². The fourth-order valence-corrected chi connectivity index (χ4v) is 3.06. The van der Waals surface area contributed by atoms with E-state index in [0.29, 0.717) is 6.54 Å². The SMILES string of the molecule is CC(C)(C)c1cc(-c2ccccc2)c(CCN)c(C(C)(C)C)c1. The van der Waals surface area contributed by atoms with Gasteiger partial charge in [-0.2, -0.15) is 0 Å². The molecule has 0 saturated heterocycles. The molecule has 0 aliphatic rings. The minimum Gasteiger partial charge on any atom is -0.330 e. The van der Waals surface area contributed by atoms with E-state index in [4.69, 9.17) is 5.73 Å². The minimum atomic E-state index is 0.106. The number of benzene rings is 2. The molecule has 0 bridgehead atoms. The van der Waals surface area contributed by atoms with Gasteiger partial charge < -0.3 is 5.73 Å². The summed E-state index contributed by atoms with van der Waals surface area (Å²) in [6, 6.07) is 15.5. The highest BCUT2D eigenvalue weighted by molar-refractivity contribution is 5.71. The van der Waals surface area contributed by atoms with Crippen LogP contribution in [0, 0.1) is 0 Å². The van der Waals surface area contributed by atoms with Gasteiger partial charge in [0.2, 0.25) is 0 Å². The number of hydrogen-bond donors (Lipinski definition) is 1. The van der Waals surface area contributed by atoms with Crippen molar-refractivity contribution >= 4 is 0 Å². The van der Waals surface area contributed by atoms with Gasteiger partial charge in [-0.3, -0.25) is 0 Å². The molecule has 1 nitrogen and oxygen atoms in total. The van der Waals surface area contributed by atoms with Gasteiger partial charge in [-0.05, 0) is 51.6 Å². The third-order valence-corrected chi connectivity index (χ3v) is 4.40. The van der Waals surface area contributed by atoms with Crippen molar-refractivity contribution in [1.29, 1.82) is 0 Å². The average Bonchev–Trinajstić information content (AvgIpc) is 2.46. The number of hydrogen-bond acceptors (Lipinski definition) is 1. The Kier molecular flexibility index (Phi) is 5.01. The lowest BCUT2D eigenvalue weighted by Crippen LogP contribution is -2.20. The summed E-state index contributed by atoms with van der Waals surface area (Å²) in [5.74, 6) is 0. The Morgan fingerprint density at radius 3 is 1.91 bits per heavy atom. The van der Waals surface area contributed by atoms with Crippen molar-refractivity contribution in [1.82, 2.24) is 0 Å². The fourth-order valence-electron chi connectivity index (χ4n) is 3.06. The zero-order valence-electron chi connectivity index (χ0n) is 15.5. The van der Waals surface area contributed by atoms with Gasteiger partial charge in [-0.25, -0.2) is 0 Å². The molecule has 0 aliphatic heterocycles. The van der Waals surface area contributed by atoms with E-state index >= 15 is 0 Å². The van der Waals surface area contributed by atoms with Crippen molar-refractivity contribution in [2.24, 2.45) is 5.73 Å². The zero-order chi connectivity index (χ0) is 17.3. The Labute approximate surface area is 141 Å². The van der Waals surface area contributed by atoms with Crippen LogP contribution in [0.1, 0.15) is 58.2 Å². The van der Waals surface area contributed by atoms with Crippen LogP contribution in [-0.2, 0) is 17.3 Å². The molecule has 23 heavy (non-hydrogen) atoms. The molecule has 2 aromatic carbocycles. The van der Waals surface area contributed by atoms with Crippen LogP contribution < -0.4 is 5.73 Å². The van der Waals surface area contributed by atoms with Gasteiger partial charge >= 0.3 is 0 Å². The highest BCUT2D eigenvalue weighted by atomic mass is 14.5. The normalized spacial score (nSPS) is 12.5. The van der Waals surface area contributed by atoms with E-state index in [9.17, 15) is 0 Å². The molecule has 0 aliphatic carbocycles. The molecule has 0 unspecified atom stereocenters. The number of nitrogens with two attached hydrogens (primary N) is 1. The van der Waals surface area contributed by atoms with E-state index in [0.717, 1.165) is 6.42 Å². The molecule has 0 saturated carbocycles. The molecule has 1 heteroatoms. The Morgan fingerprint density at radius 2 is 1.43 bits per heavy atom. The van der Waals surface area contributed by atoms with Crippen molar-refractivity contribution in [3.05, 3.63) is 59.2 Å². The lowest BCUT2D eigenvalue weighted by molar-refractivity contribution is 0.563. The van der Waals surface area contributed by atoms with Crippen molar-refractivity contribution < 1.29 is 0 Å². The summed E-state index contributed by atoms with van der Waals surface area (Å²) in [5, 5.41) is 0. The van der Waals surface area contributed by atoms with E-state index in [-0.39, 0.29) is 10.8 Å². The maximum atomic E-state index is 5.94. The summed E-state index contributed by atoms with van der Waals surface area (Å²) in [7, 11) is 0. The van der Waals surface area contributed by atoms with Crippen LogP contribution in [0.2, 0.25) is 0 Å². The van der Waals surface area contributed by atoms with E-state index in [2.05, 4.69) is 84.0 Å². The third kappa shape index (κ3) is 4.03. The predicted octanol–water partition coefficient (Wildman–Crippen LogP) is 5.45. The summed E-state index contributed by atoms with van der Waals surface area (Å²) in [6.45, 7) is 14.4. The van der Waals surface area contributed by atoms with Crippen LogP contribution in [0.3, 0.4) is 0 Å². The van der Waals surface area contributed by atoms with Crippen LogP contribution in [0.4, 0.5) is 0 Å². The fraction of sp³-hybridized carbons (Fsp3) is 0.455. The van der Waals surface area contributed by atoms with E-state index < -0.39 is 0 Å². The highest BCUT2D eigenvalue weighted by Crippen LogP contribution is 2.38. The number of rotatable bonds is 3. The molecule has 0 fully saturated rings. The van der Waals surface area contributed by atoms with Crippen LogP contribution in [0.15, 0.2) is 42.5 Å². The molecule has 0 amide bonds. The van der Waals surface area contributed by atoms with Gasteiger partial charge in [0, 0.05) is 0 Å². The molecule has 0 heterocycles. The third-order valence-electron chi connectivity index (χ3n) is 4.40. The summed E-state index contributed by atoms with van der Waals surface area (Å²) >= 11 is 0. The standard InChI is InChI=1S/C22H31N/c1-21(2,3)17-14-19(16-10-8-7-9-11-16)18(12-13-23)20(15-17)22(4,5)6/h7-11,14-15H,12-13,23H2,1-6H3. The molecule has 0 spiro atoms. The molecule has 0 aromatic heterocycles. The Balaban J connectivity index is 2.81. The first-order valence-electron chi connectivity index (χ1n) is 8.58. The first kappa shape index (κ1) is 17.7. The van der Waals surface area contributed by atoms with Gasteiger partial charge in [0.1, 0.15) is 0 Å². The first-order valence-corrected chi connectivity index (χ1v) is 8.58. The predicted molar refractivity (Wildman–Crippen MR) is 102 cm³/mol. The first-order chi connectivity index (χ1) is 10.6. The van der Waals surface area contributed by atoms with Gasteiger partial charge in [0.25, 0.3) is 0 Å². The minimum absolute atomic E-state index is 0.106. The zero-order valence-corrected chi connectivity index (χ0v) is 15.5. The van der Waals surface area contributed by atoms with Crippen LogP contribution in [-0.4, -0.2) is 6.54 Å². The van der Waals surface area contributed by atoms with Crippen LogP contribution >= 0.6 is 0 Å². The van der Waals surface area contributed by atoms with Crippen molar-refractivity contribution in [3.63, 3.8) is 0 Å². The van der Waals surface area contributed by atoms with E-state index in [1.807, 2.05) is 0 Å². The van der Waals surface area contributed by atoms with Crippen molar-refractivity contribution in [3.8, 4) is 11.1 Å². The summed E-state index contributed by atoms with van der Waals surface area (Å²) in [6.07, 6.45) is 0.918. The largest absolute Gasteiger partial charge is 0.330 e. The maximum Gasteiger partial charge on any atom is -0.00364 e. The van der Waals surface area contributed by atoms with Gasteiger partial charge in [0.05, 0.1) is 0 Å². The average molecular weight is 309 g/mol. The van der Waals surface area contributed by atoms with Gasteiger partial charge in [-0.15, -0.1) is 0 Å². The van der Waals surface area contributed by atoms with Crippen molar-refractivity contribution in [2.75, 3.05) is 6.54 Å². The molecular formula is C22H31N. The molecule has 0 radical (unpaired) electrons. The smallest absolute Gasteiger partial charge is 0.00364 e. The Bertz CT molecular complexity index is 655. The summed E-state index contributed by atoms with van der Waals surface area (Å²) < 4.78 is 0. The van der Waals surface area contributed by atoms with Gasteiger partial charge in [0.15, 0.2) is 0 Å². The lowest BCUT2D eigenvalue weighted by atomic mass is 9.75. The highest BCUT2D eigenvalue weighted by Gasteiger charge is 2.24. The maximum absolute atomic E-state index is 5.94. The topological polar surface area (TPSA) is 26.0 Å². The second-order valence-corrected chi connectivity index (χ2v) is 8.45. The van der Waals surface area contributed by atoms with Crippen molar-refractivity contribution in [2.45, 2.75) is 58.8 Å². The quantitative estimate of drug-likeness (QED) is 0.801. The Morgan fingerprint density at radius 1 is 0.826 bits per heavy atom. The molecular weight excluding hydrogens is 278 g/mol. The molecule has 2 N–H and O–H groups in total. The summed E-state index contributed by atoms with van der Waals surface area (Å²) in [4.78, 5) is 0. The van der Waals surface area contributed by atoms with E-state index in [1.165, 1.54) is 27.8 Å². The van der Waals surface area contributed by atoms with Crippen LogP contribution in [0.25, 0.3) is 11.1 Å². The van der Waals surface area contributed by atoms with Gasteiger partial charge in [-0.1, -0.05) is 84.0 Å². The second-order valence-electron chi connectivity index (χ2n) is 8.45. The molecule has 124 valence electrons. The lowest BCUT2D eigenvalue weighted by Gasteiger charge is -2.30. The summed E-state index contributed by atoms with van der Waals surface area (Å²) in [5.41, 5.74) is 13.0. The Hall–Kier alpha value is -1.60. The van der Waals surface area contributed by atoms with Crippen LogP contribution in [0.5, 0.6) is 0 Å².